The molecule has 39 heavy (non-hydrogen) atoms. The minimum atomic E-state index is 0.0492. The Morgan fingerprint density at radius 3 is 1.82 bits per heavy atom. The van der Waals surface area contributed by atoms with Gasteiger partial charge < -0.3 is 9.47 Å². The van der Waals surface area contributed by atoms with Gasteiger partial charge in [-0.15, -0.1) is 0 Å². The molecular weight excluding hydrogens is 483 g/mol. The number of halogens is 1. The summed E-state index contributed by atoms with van der Waals surface area (Å²) in [4.78, 5) is 0. The third-order valence-electron chi connectivity index (χ3n) is 10.3. The molecule has 0 saturated heterocycles. The zero-order chi connectivity index (χ0) is 27.0. The van der Waals surface area contributed by atoms with Crippen LogP contribution in [0.25, 0.3) is 0 Å². The van der Waals surface area contributed by atoms with E-state index >= 15 is 4.39 Å². The topological polar surface area (TPSA) is 18.5 Å². The van der Waals surface area contributed by atoms with Crippen LogP contribution in [0, 0.1) is 17.7 Å². The molecule has 0 unspecified atom stereocenters. The lowest BCUT2D eigenvalue weighted by Gasteiger charge is -2.38. The van der Waals surface area contributed by atoms with Crippen molar-refractivity contribution in [2.75, 3.05) is 13.2 Å². The molecule has 3 aliphatic carbocycles. The molecule has 5 rings (SSSR count). The number of ether oxygens (including phenoxy) is 2. The van der Waals surface area contributed by atoms with E-state index in [2.05, 4.69) is 43.3 Å². The van der Waals surface area contributed by atoms with Gasteiger partial charge in [-0.3, -0.25) is 0 Å². The molecule has 2 aromatic rings. The number of benzene rings is 2. The predicted octanol–water partition coefficient (Wildman–Crippen LogP) is 10.3. The van der Waals surface area contributed by atoms with Crippen molar-refractivity contribution >= 4 is 0 Å². The molecule has 0 radical (unpaired) electrons. The maximum absolute atomic E-state index is 15.4. The Bertz CT molecular complexity index is 993. The van der Waals surface area contributed by atoms with Crippen molar-refractivity contribution in [1.29, 1.82) is 0 Å². The standard InChI is InChI=1S/C36H51FO2/c1-3-5-24-39-34-21-16-30(17-22-34)32-18-23-35(36(37)25-32)31-12-10-28(11-13-31)26-6-8-27(9-7-26)29-14-19-33(20-15-29)38-4-2/h14-15,18-20,23,25-28,30-31,34H,3-13,16-17,21-22,24H2,1-2H3. The molecule has 2 aromatic carbocycles. The summed E-state index contributed by atoms with van der Waals surface area (Å²) in [5.74, 6) is 4.31. The van der Waals surface area contributed by atoms with E-state index in [1.807, 2.05) is 13.0 Å². The first-order chi connectivity index (χ1) is 19.1. The van der Waals surface area contributed by atoms with Crippen molar-refractivity contribution in [1.82, 2.24) is 0 Å². The Labute approximate surface area is 237 Å². The zero-order valence-corrected chi connectivity index (χ0v) is 24.5. The maximum Gasteiger partial charge on any atom is 0.126 e. The fourth-order valence-corrected chi connectivity index (χ4v) is 7.91. The van der Waals surface area contributed by atoms with Gasteiger partial charge in [-0.05, 0) is 155 Å². The Hall–Kier alpha value is -1.87. The van der Waals surface area contributed by atoms with E-state index in [1.54, 1.807) is 0 Å². The minimum Gasteiger partial charge on any atom is -0.494 e. The van der Waals surface area contributed by atoms with E-state index in [1.165, 1.54) is 56.1 Å². The average Bonchev–Trinajstić information content (AvgIpc) is 2.98. The fourth-order valence-electron chi connectivity index (χ4n) is 7.91. The molecule has 0 spiro atoms. The fraction of sp³-hybridized carbons (Fsp3) is 0.667. The second kappa shape index (κ2) is 14.2. The van der Waals surface area contributed by atoms with Crippen LogP contribution in [0.15, 0.2) is 42.5 Å². The van der Waals surface area contributed by atoms with Crippen LogP contribution in [0.5, 0.6) is 5.75 Å². The van der Waals surface area contributed by atoms with Crippen molar-refractivity contribution in [2.45, 2.75) is 128 Å². The van der Waals surface area contributed by atoms with Gasteiger partial charge in [0, 0.05) is 6.61 Å². The van der Waals surface area contributed by atoms with Gasteiger partial charge in [0.2, 0.25) is 0 Å². The largest absolute Gasteiger partial charge is 0.494 e. The van der Waals surface area contributed by atoms with Gasteiger partial charge in [0.1, 0.15) is 11.6 Å². The molecule has 0 aliphatic heterocycles. The quantitative estimate of drug-likeness (QED) is 0.282. The van der Waals surface area contributed by atoms with Gasteiger partial charge >= 0.3 is 0 Å². The molecule has 3 fully saturated rings. The normalized spacial score (nSPS) is 29.7. The van der Waals surface area contributed by atoms with Crippen molar-refractivity contribution in [2.24, 2.45) is 11.8 Å². The highest BCUT2D eigenvalue weighted by Crippen LogP contribution is 2.46. The molecule has 0 N–H and O–H groups in total. The van der Waals surface area contributed by atoms with Gasteiger partial charge in [-0.25, -0.2) is 4.39 Å². The molecule has 214 valence electrons. The first-order valence-corrected chi connectivity index (χ1v) is 16.3. The van der Waals surface area contributed by atoms with Crippen LogP contribution in [0.3, 0.4) is 0 Å². The number of hydrogen-bond acceptors (Lipinski definition) is 2. The first-order valence-electron chi connectivity index (χ1n) is 16.3. The summed E-state index contributed by atoms with van der Waals surface area (Å²) in [6.45, 7) is 5.86. The van der Waals surface area contributed by atoms with Gasteiger partial charge in [0.25, 0.3) is 0 Å². The third-order valence-corrected chi connectivity index (χ3v) is 10.3. The van der Waals surface area contributed by atoms with E-state index in [9.17, 15) is 0 Å². The van der Waals surface area contributed by atoms with Crippen molar-refractivity contribution in [3.63, 3.8) is 0 Å². The van der Waals surface area contributed by atoms with E-state index in [4.69, 9.17) is 9.47 Å². The summed E-state index contributed by atoms with van der Waals surface area (Å²) in [6, 6.07) is 15.1. The molecular formula is C36H51FO2. The third kappa shape index (κ3) is 7.46. The molecule has 0 amide bonds. The van der Waals surface area contributed by atoms with Crippen LogP contribution in [-0.4, -0.2) is 19.3 Å². The Morgan fingerprint density at radius 1 is 0.667 bits per heavy atom. The first kappa shape index (κ1) is 28.7. The van der Waals surface area contributed by atoms with Crippen LogP contribution in [-0.2, 0) is 4.74 Å². The van der Waals surface area contributed by atoms with Gasteiger partial charge in [0.05, 0.1) is 12.7 Å². The number of unbranched alkanes of at least 4 members (excludes halogenated alkanes) is 1. The summed E-state index contributed by atoms with van der Waals surface area (Å²) >= 11 is 0. The summed E-state index contributed by atoms with van der Waals surface area (Å²) in [5.41, 5.74) is 3.67. The van der Waals surface area contributed by atoms with Gasteiger partial charge in [-0.1, -0.05) is 37.6 Å². The minimum absolute atomic E-state index is 0.0492. The highest BCUT2D eigenvalue weighted by atomic mass is 19.1. The highest BCUT2D eigenvalue weighted by molar-refractivity contribution is 5.31. The Kier molecular flexibility index (Phi) is 10.4. The lowest BCUT2D eigenvalue weighted by Crippen LogP contribution is -2.25. The van der Waals surface area contributed by atoms with Crippen molar-refractivity contribution in [3.05, 3.63) is 65.0 Å². The average molecular weight is 535 g/mol. The van der Waals surface area contributed by atoms with Crippen molar-refractivity contribution < 1.29 is 13.9 Å². The van der Waals surface area contributed by atoms with E-state index in [-0.39, 0.29) is 5.82 Å². The zero-order valence-electron chi connectivity index (χ0n) is 24.5. The lowest BCUT2D eigenvalue weighted by molar-refractivity contribution is 0.0232. The van der Waals surface area contributed by atoms with Crippen LogP contribution in [0.1, 0.15) is 138 Å². The van der Waals surface area contributed by atoms with Gasteiger partial charge in [0.15, 0.2) is 0 Å². The number of rotatable bonds is 10. The summed E-state index contributed by atoms with van der Waals surface area (Å²) < 4.78 is 27.0. The van der Waals surface area contributed by atoms with Crippen LogP contribution in [0.4, 0.5) is 4.39 Å². The molecule has 3 saturated carbocycles. The molecule has 2 nitrogen and oxygen atoms in total. The second-order valence-electron chi connectivity index (χ2n) is 12.7. The molecule has 0 bridgehead atoms. The Balaban J connectivity index is 1.07. The van der Waals surface area contributed by atoms with Crippen molar-refractivity contribution in [3.8, 4) is 5.75 Å². The predicted molar refractivity (Wildman–Crippen MR) is 159 cm³/mol. The van der Waals surface area contributed by atoms with E-state index < -0.39 is 0 Å². The molecule has 0 aromatic heterocycles. The summed E-state index contributed by atoms with van der Waals surface area (Å²) in [5, 5.41) is 0. The molecule has 0 heterocycles. The highest BCUT2D eigenvalue weighted by Gasteiger charge is 2.32. The number of hydrogen-bond donors (Lipinski definition) is 0. The SMILES string of the molecule is CCCCOC1CCC(c2ccc(C3CCC(C4CCC(c5ccc(OCC)cc5)CC4)CC3)c(F)c2)CC1. The summed E-state index contributed by atoms with van der Waals surface area (Å²) in [6.07, 6.45) is 17.4. The lowest BCUT2D eigenvalue weighted by atomic mass is 9.67. The second-order valence-corrected chi connectivity index (χ2v) is 12.7. The molecule has 3 aliphatic rings. The van der Waals surface area contributed by atoms with Crippen LogP contribution in [0.2, 0.25) is 0 Å². The van der Waals surface area contributed by atoms with Crippen LogP contribution >= 0.6 is 0 Å². The maximum atomic E-state index is 15.4. The monoisotopic (exact) mass is 534 g/mol. The van der Waals surface area contributed by atoms with Gasteiger partial charge in [-0.2, -0.15) is 0 Å². The molecule has 0 atom stereocenters. The Morgan fingerprint density at radius 2 is 1.23 bits per heavy atom. The van der Waals surface area contributed by atoms with E-state index in [0.29, 0.717) is 23.9 Å². The summed E-state index contributed by atoms with van der Waals surface area (Å²) in [7, 11) is 0. The van der Waals surface area contributed by atoms with E-state index in [0.717, 1.165) is 81.3 Å². The smallest absolute Gasteiger partial charge is 0.126 e. The molecule has 3 heteroatoms. The van der Waals surface area contributed by atoms with Crippen LogP contribution < -0.4 is 4.74 Å².